The summed E-state index contributed by atoms with van der Waals surface area (Å²) in [7, 11) is 0. The van der Waals surface area contributed by atoms with E-state index >= 15 is 0 Å². The van der Waals surface area contributed by atoms with E-state index in [1.807, 2.05) is 0 Å². The van der Waals surface area contributed by atoms with E-state index in [4.69, 9.17) is 10.8 Å². The number of phenolic OH excluding ortho intramolecular Hbond substituents is 1. The molecule has 0 aliphatic heterocycles. The van der Waals surface area contributed by atoms with Crippen LogP contribution >= 0.6 is 0 Å². The number of aromatic hydroxyl groups is 1. The molecule has 1 aromatic carbocycles. The van der Waals surface area contributed by atoms with Gasteiger partial charge in [0.1, 0.15) is 23.5 Å². The third-order valence-electron chi connectivity index (χ3n) is 2.21. The van der Waals surface area contributed by atoms with Gasteiger partial charge >= 0.3 is 5.97 Å². The first kappa shape index (κ1) is 10.9. The molecule has 1 heterocycles. The molecule has 2 aromatic rings. The monoisotopic (exact) mass is 231 g/mol. The van der Waals surface area contributed by atoms with Gasteiger partial charge in [-0.2, -0.15) is 0 Å². The van der Waals surface area contributed by atoms with Crippen LogP contribution in [0.5, 0.6) is 5.75 Å². The van der Waals surface area contributed by atoms with Crippen molar-refractivity contribution in [2.75, 3.05) is 5.73 Å². The number of carbonyl (C=O) groups is 1. The number of rotatable bonds is 2. The Hall–Kier alpha value is -2.63. The molecule has 0 amide bonds. The minimum atomic E-state index is -1.21. The summed E-state index contributed by atoms with van der Waals surface area (Å²) in [6.07, 6.45) is 1.18. The van der Waals surface area contributed by atoms with Crippen molar-refractivity contribution >= 4 is 11.8 Å². The molecule has 0 aliphatic carbocycles. The number of phenols is 1. The van der Waals surface area contributed by atoms with Crippen molar-refractivity contribution in [3.8, 4) is 17.0 Å². The highest BCUT2D eigenvalue weighted by Crippen LogP contribution is 2.26. The van der Waals surface area contributed by atoms with Crippen LogP contribution in [0.1, 0.15) is 10.4 Å². The summed E-state index contributed by atoms with van der Waals surface area (Å²) in [5.74, 6) is -1.29. The van der Waals surface area contributed by atoms with E-state index in [9.17, 15) is 9.90 Å². The average molecular weight is 231 g/mol. The van der Waals surface area contributed by atoms with Gasteiger partial charge in [0, 0.05) is 5.56 Å². The van der Waals surface area contributed by atoms with Crippen molar-refractivity contribution in [1.82, 2.24) is 9.97 Å². The highest BCUT2D eigenvalue weighted by molar-refractivity contribution is 5.99. The maximum atomic E-state index is 11.1. The molecule has 6 heteroatoms. The highest BCUT2D eigenvalue weighted by Gasteiger charge is 2.17. The van der Waals surface area contributed by atoms with Gasteiger partial charge in [-0.1, -0.05) is 12.1 Å². The molecule has 0 saturated carbocycles. The molecule has 0 fully saturated rings. The third-order valence-corrected chi connectivity index (χ3v) is 2.21. The second-order valence-corrected chi connectivity index (χ2v) is 3.34. The number of nitrogen functional groups attached to an aromatic ring is 1. The zero-order chi connectivity index (χ0) is 12.4. The van der Waals surface area contributed by atoms with E-state index in [2.05, 4.69) is 9.97 Å². The van der Waals surface area contributed by atoms with Crippen molar-refractivity contribution in [2.45, 2.75) is 0 Å². The normalized spacial score (nSPS) is 10.1. The maximum Gasteiger partial charge on any atom is 0.341 e. The number of anilines is 1. The zero-order valence-corrected chi connectivity index (χ0v) is 8.66. The van der Waals surface area contributed by atoms with E-state index in [0.29, 0.717) is 5.56 Å². The number of benzene rings is 1. The smallest absolute Gasteiger partial charge is 0.341 e. The minimum Gasteiger partial charge on any atom is -0.508 e. The molecule has 0 bridgehead atoms. The molecule has 0 atom stereocenters. The largest absolute Gasteiger partial charge is 0.508 e. The lowest BCUT2D eigenvalue weighted by atomic mass is 10.1. The van der Waals surface area contributed by atoms with Gasteiger partial charge in [0.05, 0.1) is 5.69 Å². The van der Waals surface area contributed by atoms with Gasteiger partial charge in [-0.25, -0.2) is 14.8 Å². The van der Waals surface area contributed by atoms with Crippen LogP contribution in [0.3, 0.4) is 0 Å². The molecule has 86 valence electrons. The van der Waals surface area contributed by atoms with Crippen LogP contribution in [-0.2, 0) is 0 Å². The number of nitrogens with two attached hydrogens (primary N) is 1. The molecule has 4 N–H and O–H groups in total. The summed E-state index contributed by atoms with van der Waals surface area (Å²) < 4.78 is 0. The first-order valence-corrected chi connectivity index (χ1v) is 4.72. The lowest BCUT2D eigenvalue weighted by Gasteiger charge is -2.06. The Morgan fingerprint density at radius 2 is 2.06 bits per heavy atom. The van der Waals surface area contributed by atoms with Crippen LogP contribution in [0.4, 0.5) is 5.82 Å². The van der Waals surface area contributed by atoms with Gasteiger partial charge < -0.3 is 15.9 Å². The van der Waals surface area contributed by atoms with Gasteiger partial charge in [0.25, 0.3) is 0 Å². The van der Waals surface area contributed by atoms with E-state index in [1.54, 1.807) is 12.1 Å². The Bertz CT molecular complexity index is 584. The number of carboxylic acid groups (broad SMARTS) is 1. The molecule has 0 radical (unpaired) electrons. The molecular formula is C11H9N3O3. The van der Waals surface area contributed by atoms with E-state index < -0.39 is 5.97 Å². The van der Waals surface area contributed by atoms with Crippen molar-refractivity contribution in [3.05, 3.63) is 36.2 Å². The fraction of sp³-hybridized carbons (Fsp3) is 0. The van der Waals surface area contributed by atoms with Crippen LogP contribution in [0.2, 0.25) is 0 Å². The lowest BCUT2D eigenvalue weighted by molar-refractivity contribution is 0.0698. The first-order chi connectivity index (χ1) is 8.09. The average Bonchev–Trinajstić information content (AvgIpc) is 2.28. The van der Waals surface area contributed by atoms with Gasteiger partial charge in [0.15, 0.2) is 0 Å². The van der Waals surface area contributed by atoms with E-state index in [1.165, 1.54) is 18.5 Å². The van der Waals surface area contributed by atoms with Gasteiger partial charge in [-0.15, -0.1) is 0 Å². The second-order valence-electron chi connectivity index (χ2n) is 3.34. The van der Waals surface area contributed by atoms with Crippen molar-refractivity contribution < 1.29 is 15.0 Å². The van der Waals surface area contributed by atoms with Crippen LogP contribution < -0.4 is 5.73 Å². The quantitative estimate of drug-likeness (QED) is 0.714. The van der Waals surface area contributed by atoms with E-state index in [-0.39, 0.29) is 22.8 Å². The molecule has 17 heavy (non-hydrogen) atoms. The second kappa shape index (κ2) is 4.09. The number of aromatic nitrogens is 2. The topological polar surface area (TPSA) is 109 Å². The van der Waals surface area contributed by atoms with Crippen molar-refractivity contribution in [3.63, 3.8) is 0 Å². The van der Waals surface area contributed by atoms with Gasteiger partial charge in [-0.3, -0.25) is 0 Å². The van der Waals surface area contributed by atoms with Gasteiger partial charge in [-0.05, 0) is 12.1 Å². The summed E-state index contributed by atoms with van der Waals surface area (Å²) in [5, 5.41) is 18.4. The van der Waals surface area contributed by atoms with Crippen LogP contribution in [-0.4, -0.2) is 26.2 Å². The molecule has 0 spiro atoms. The highest BCUT2D eigenvalue weighted by atomic mass is 16.4. The molecule has 1 aromatic heterocycles. The molecule has 0 saturated heterocycles. The number of nitrogens with zero attached hydrogens (tertiary/aromatic N) is 2. The first-order valence-electron chi connectivity index (χ1n) is 4.72. The number of hydrogen-bond acceptors (Lipinski definition) is 5. The van der Waals surface area contributed by atoms with Gasteiger partial charge in [0.2, 0.25) is 0 Å². The Morgan fingerprint density at radius 1 is 1.29 bits per heavy atom. The fourth-order valence-corrected chi connectivity index (χ4v) is 1.48. The third kappa shape index (κ3) is 2.00. The minimum absolute atomic E-state index is 0.0241. The molecule has 0 aliphatic rings. The maximum absolute atomic E-state index is 11.1. The summed E-state index contributed by atoms with van der Waals surface area (Å²) in [6, 6.07) is 6.12. The fourth-order valence-electron chi connectivity index (χ4n) is 1.48. The Kier molecular flexibility index (Phi) is 2.61. The molecule has 6 nitrogen and oxygen atoms in total. The lowest BCUT2D eigenvalue weighted by Crippen LogP contribution is -2.08. The Morgan fingerprint density at radius 3 is 2.71 bits per heavy atom. The Balaban J connectivity index is 2.67. The molecule has 0 unspecified atom stereocenters. The molecule has 2 rings (SSSR count). The predicted octanol–water partition coefficient (Wildman–Crippen LogP) is 1.13. The number of hydrogen-bond donors (Lipinski definition) is 3. The summed E-state index contributed by atoms with van der Waals surface area (Å²) in [5.41, 5.74) is 5.99. The number of aromatic carboxylic acids is 1. The predicted molar refractivity (Wildman–Crippen MR) is 60.5 cm³/mol. The van der Waals surface area contributed by atoms with Crippen molar-refractivity contribution in [1.29, 1.82) is 0 Å². The summed E-state index contributed by atoms with van der Waals surface area (Å²) in [4.78, 5) is 18.6. The van der Waals surface area contributed by atoms with E-state index in [0.717, 1.165) is 0 Å². The molecular weight excluding hydrogens is 222 g/mol. The number of carboxylic acids is 1. The standard InChI is InChI=1S/C11H9N3O3/c12-10-8(11(16)17)9(13-5-14-10)6-2-1-3-7(15)4-6/h1-5,15H,(H,16,17)(H2,12,13,14). The van der Waals surface area contributed by atoms with Crippen LogP contribution in [0.15, 0.2) is 30.6 Å². The van der Waals surface area contributed by atoms with Crippen LogP contribution in [0.25, 0.3) is 11.3 Å². The Labute approximate surface area is 96.4 Å². The summed E-state index contributed by atoms with van der Waals surface area (Å²) >= 11 is 0. The zero-order valence-electron chi connectivity index (χ0n) is 8.66. The summed E-state index contributed by atoms with van der Waals surface area (Å²) in [6.45, 7) is 0. The SMILES string of the molecule is Nc1ncnc(-c2cccc(O)c2)c1C(=O)O. The van der Waals surface area contributed by atoms with Crippen LogP contribution in [0, 0.1) is 0 Å². The van der Waals surface area contributed by atoms with Crippen molar-refractivity contribution in [2.24, 2.45) is 0 Å².